The number of hydrogen-bond donors (Lipinski definition) is 0. The highest BCUT2D eigenvalue weighted by atomic mass is 79.9. The zero-order chi connectivity index (χ0) is 18.1. The number of benzene rings is 1. The van der Waals surface area contributed by atoms with Crippen LogP contribution in [0.2, 0.25) is 0 Å². The maximum absolute atomic E-state index is 13.1. The van der Waals surface area contributed by atoms with Crippen LogP contribution in [-0.2, 0) is 10.2 Å². The van der Waals surface area contributed by atoms with Gasteiger partial charge in [-0.3, -0.25) is 14.6 Å². The predicted octanol–water partition coefficient (Wildman–Crippen LogP) is 2.26. The van der Waals surface area contributed by atoms with E-state index in [4.69, 9.17) is 0 Å². The van der Waals surface area contributed by atoms with E-state index in [0.717, 1.165) is 22.9 Å². The smallest absolute Gasteiger partial charge is 0.274 e. The molecule has 1 aliphatic heterocycles. The van der Waals surface area contributed by atoms with Gasteiger partial charge in [-0.05, 0) is 30.5 Å². The lowest BCUT2D eigenvalue weighted by molar-refractivity contribution is -0.135. The van der Waals surface area contributed by atoms with E-state index in [1.807, 2.05) is 29.2 Å². The molecule has 1 aliphatic carbocycles. The van der Waals surface area contributed by atoms with Crippen LogP contribution in [0.4, 0.5) is 0 Å². The van der Waals surface area contributed by atoms with Gasteiger partial charge in [-0.15, -0.1) is 0 Å². The van der Waals surface area contributed by atoms with E-state index in [1.165, 1.54) is 12.4 Å². The Hall–Kier alpha value is -2.28. The minimum absolute atomic E-state index is 0.126. The number of nitrogens with zero attached hydrogens (tertiary/aromatic N) is 4. The van der Waals surface area contributed by atoms with Crippen molar-refractivity contribution in [3.05, 3.63) is 58.6 Å². The molecule has 7 heteroatoms. The van der Waals surface area contributed by atoms with Gasteiger partial charge in [-0.2, -0.15) is 0 Å². The number of hydrogen-bond acceptors (Lipinski definition) is 4. The molecule has 2 heterocycles. The minimum Gasteiger partial charge on any atom is -0.338 e. The number of aromatic nitrogens is 2. The quantitative estimate of drug-likeness (QED) is 0.772. The number of carbonyl (C=O) groups is 2. The van der Waals surface area contributed by atoms with E-state index in [2.05, 4.69) is 25.9 Å². The molecule has 1 saturated heterocycles. The summed E-state index contributed by atoms with van der Waals surface area (Å²) in [6.45, 7) is 2.17. The van der Waals surface area contributed by atoms with Gasteiger partial charge in [-0.25, -0.2) is 4.98 Å². The van der Waals surface area contributed by atoms with Gasteiger partial charge in [0.05, 0.1) is 11.6 Å². The maximum Gasteiger partial charge on any atom is 0.274 e. The molecule has 1 saturated carbocycles. The van der Waals surface area contributed by atoms with Gasteiger partial charge in [0.25, 0.3) is 5.91 Å². The summed E-state index contributed by atoms with van der Waals surface area (Å²) >= 11 is 3.44. The van der Waals surface area contributed by atoms with Crippen molar-refractivity contribution in [2.24, 2.45) is 0 Å². The van der Waals surface area contributed by atoms with Gasteiger partial charge < -0.3 is 9.80 Å². The number of carbonyl (C=O) groups excluding carboxylic acids is 2. The molecule has 134 valence electrons. The lowest BCUT2D eigenvalue weighted by atomic mass is 9.94. The molecule has 6 nitrogen and oxygen atoms in total. The Morgan fingerprint density at radius 1 is 0.962 bits per heavy atom. The van der Waals surface area contributed by atoms with E-state index in [9.17, 15) is 9.59 Å². The van der Waals surface area contributed by atoms with Crippen molar-refractivity contribution in [1.29, 1.82) is 0 Å². The van der Waals surface area contributed by atoms with Crippen LogP contribution in [-0.4, -0.2) is 57.8 Å². The molecule has 2 amide bonds. The topological polar surface area (TPSA) is 66.4 Å². The lowest BCUT2D eigenvalue weighted by Gasteiger charge is -2.36. The Morgan fingerprint density at radius 2 is 1.62 bits per heavy atom. The lowest BCUT2D eigenvalue weighted by Crippen LogP contribution is -2.53. The molecule has 1 aromatic heterocycles. The van der Waals surface area contributed by atoms with Gasteiger partial charge in [0, 0.05) is 43.0 Å². The van der Waals surface area contributed by atoms with Crippen LogP contribution in [0.15, 0.2) is 47.3 Å². The van der Waals surface area contributed by atoms with Crippen LogP contribution in [0, 0.1) is 0 Å². The molecule has 0 N–H and O–H groups in total. The number of halogens is 1. The summed E-state index contributed by atoms with van der Waals surface area (Å²) in [6.07, 6.45) is 6.33. The Labute approximate surface area is 160 Å². The van der Waals surface area contributed by atoms with Crippen LogP contribution in [0.3, 0.4) is 0 Å². The SMILES string of the molecule is O=C(c1cnccn1)N1CCN(C(=O)C2(c3ccc(Br)cc3)CC2)CC1. The highest BCUT2D eigenvalue weighted by Gasteiger charge is 2.53. The van der Waals surface area contributed by atoms with Crippen LogP contribution >= 0.6 is 15.9 Å². The van der Waals surface area contributed by atoms with Crippen molar-refractivity contribution in [2.45, 2.75) is 18.3 Å². The monoisotopic (exact) mass is 414 g/mol. The molecule has 0 atom stereocenters. The van der Waals surface area contributed by atoms with Crippen LogP contribution < -0.4 is 0 Å². The fraction of sp³-hybridized carbons (Fsp3) is 0.368. The number of rotatable bonds is 3. The first-order valence-corrected chi connectivity index (χ1v) is 9.50. The summed E-state index contributed by atoms with van der Waals surface area (Å²) in [5, 5.41) is 0. The second kappa shape index (κ2) is 6.79. The largest absolute Gasteiger partial charge is 0.338 e. The first-order valence-electron chi connectivity index (χ1n) is 8.71. The second-order valence-electron chi connectivity index (χ2n) is 6.76. The van der Waals surface area contributed by atoms with Crippen molar-refractivity contribution in [2.75, 3.05) is 26.2 Å². The summed E-state index contributed by atoms with van der Waals surface area (Å²) in [7, 11) is 0. The van der Waals surface area contributed by atoms with Crippen molar-refractivity contribution in [1.82, 2.24) is 19.8 Å². The fourth-order valence-corrected chi connectivity index (χ4v) is 3.77. The molecule has 26 heavy (non-hydrogen) atoms. The summed E-state index contributed by atoms with van der Waals surface area (Å²) in [4.78, 5) is 37.2. The number of piperazine rings is 1. The van der Waals surface area contributed by atoms with E-state index in [-0.39, 0.29) is 17.2 Å². The highest BCUT2D eigenvalue weighted by molar-refractivity contribution is 9.10. The third-order valence-corrected chi connectivity index (χ3v) is 5.72. The van der Waals surface area contributed by atoms with Crippen LogP contribution in [0.1, 0.15) is 28.9 Å². The van der Waals surface area contributed by atoms with Crippen LogP contribution in [0.25, 0.3) is 0 Å². The van der Waals surface area contributed by atoms with Gasteiger partial charge in [0.1, 0.15) is 5.69 Å². The molecular weight excluding hydrogens is 396 g/mol. The molecule has 2 fully saturated rings. The molecular formula is C19H19BrN4O2. The van der Waals surface area contributed by atoms with Gasteiger partial charge >= 0.3 is 0 Å². The average Bonchev–Trinajstić information content (AvgIpc) is 3.50. The highest BCUT2D eigenvalue weighted by Crippen LogP contribution is 2.49. The molecule has 4 rings (SSSR count). The Morgan fingerprint density at radius 3 is 2.19 bits per heavy atom. The average molecular weight is 415 g/mol. The molecule has 0 unspecified atom stereocenters. The summed E-state index contributed by atoms with van der Waals surface area (Å²) < 4.78 is 1.01. The van der Waals surface area contributed by atoms with Crippen LogP contribution in [0.5, 0.6) is 0 Å². The van der Waals surface area contributed by atoms with Crippen molar-refractivity contribution < 1.29 is 9.59 Å². The van der Waals surface area contributed by atoms with E-state index in [1.54, 1.807) is 11.1 Å². The van der Waals surface area contributed by atoms with Crippen molar-refractivity contribution in [3.63, 3.8) is 0 Å². The van der Waals surface area contributed by atoms with Crippen molar-refractivity contribution >= 4 is 27.7 Å². The summed E-state index contributed by atoms with van der Waals surface area (Å²) in [5.41, 5.74) is 1.07. The van der Waals surface area contributed by atoms with E-state index < -0.39 is 0 Å². The van der Waals surface area contributed by atoms with E-state index >= 15 is 0 Å². The first kappa shape index (κ1) is 17.1. The number of amides is 2. The van der Waals surface area contributed by atoms with Gasteiger partial charge in [0.2, 0.25) is 5.91 Å². The second-order valence-corrected chi connectivity index (χ2v) is 7.68. The molecule has 1 aromatic carbocycles. The van der Waals surface area contributed by atoms with Crippen molar-refractivity contribution in [3.8, 4) is 0 Å². The maximum atomic E-state index is 13.1. The molecule has 2 aliphatic rings. The molecule has 0 spiro atoms. The van der Waals surface area contributed by atoms with Gasteiger partial charge in [-0.1, -0.05) is 28.1 Å². The van der Waals surface area contributed by atoms with Gasteiger partial charge in [0.15, 0.2) is 0 Å². The summed E-state index contributed by atoms with van der Waals surface area (Å²) in [5.74, 6) is 0.0608. The Balaban J connectivity index is 1.41. The first-order chi connectivity index (χ1) is 12.6. The summed E-state index contributed by atoms with van der Waals surface area (Å²) in [6, 6.07) is 8.03. The third-order valence-electron chi connectivity index (χ3n) is 5.19. The molecule has 0 bridgehead atoms. The fourth-order valence-electron chi connectivity index (χ4n) is 3.51. The normalized spacial score (nSPS) is 18.5. The standard InChI is InChI=1S/C19H19BrN4O2/c20-15-3-1-14(2-4-15)19(5-6-19)18(26)24-11-9-23(10-12-24)17(25)16-13-21-7-8-22-16/h1-4,7-8,13H,5-6,9-12H2. The third kappa shape index (κ3) is 3.11. The zero-order valence-corrected chi connectivity index (χ0v) is 15.9. The minimum atomic E-state index is -0.363. The molecule has 2 aromatic rings. The predicted molar refractivity (Wildman–Crippen MR) is 99.6 cm³/mol. The molecule has 0 radical (unpaired) electrons. The van der Waals surface area contributed by atoms with E-state index in [0.29, 0.717) is 31.9 Å². The Bertz CT molecular complexity index is 813. The zero-order valence-electron chi connectivity index (χ0n) is 14.3. The Kier molecular flexibility index (Phi) is 4.48.